The van der Waals surface area contributed by atoms with Crippen LogP contribution in [-0.4, -0.2) is 78.9 Å². The molecular weight excluding hydrogens is 598 g/mol. The number of benzene rings is 2. The Kier molecular flexibility index (Phi) is 10.1. The number of nitrogens with zero attached hydrogens (tertiary/aromatic N) is 3. The van der Waals surface area contributed by atoms with Crippen LogP contribution in [0.3, 0.4) is 0 Å². The molecule has 2 aromatic carbocycles. The van der Waals surface area contributed by atoms with E-state index in [1.807, 2.05) is 32.9 Å². The molecule has 2 aliphatic heterocycles. The number of likely N-dealkylation sites (tertiary alicyclic amines) is 1. The number of amides is 3. The molecule has 238 valence electrons. The van der Waals surface area contributed by atoms with Crippen LogP contribution >= 0.6 is 11.6 Å². The predicted octanol–water partition coefficient (Wildman–Crippen LogP) is 5.85. The number of halogens is 1. The lowest BCUT2D eigenvalue weighted by molar-refractivity contribution is 0.0126. The number of aromatic nitrogens is 1. The number of nitrogens with one attached hydrogen (secondary N) is 2. The van der Waals surface area contributed by atoms with Gasteiger partial charge in [0.2, 0.25) is 0 Å². The molecule has 2 aliphatic rings. The van der Waals surface area contributed by atoms with Gasteiger partial charge in [-0.1, -0.05) is 23.7 Å². The Morgan fingerprint density at radius 1 is 0.911 bits per heavy atom. The predicted molar refractivity (Wildman–Crippen MR) is 173 cm³/mol. The van der Waals surface area contributed by atoms with E-state index in [-0.39, 0.29) is 17.8 Å². The van der Waals surface area contributed by atoms with Gasteiger partial charge in [-0.3, -0.25) is 9.59 Å². The lowest BCUT2D eigenvalue weighted by Crippen LogP contribution is -2.44. The molecule has 45 heavy (non-hydrogen) atoms. The second-order valence-corrected chi connectivity index (χ2v) is 12.3. The molecule has 1 aromatic heterocycles. The monoisotopic (exact) mass is 635 g/mol. The number of carbonyl (C=O) groups excluding carboxylic acids is 3. The first kappa shape index (κ1) is 32.1. The first-order chi connectivity index (χ1) is 21.6. The van der Waals surface area contributed by atoms with Gasteiger partial charge in [0, 0.05) is 57.0 Å². The van der Waals surface area contributed by atoms with E-state index in [1.54, 1.807) is 47.4 Å². The van der Waals surface area contributed by atoms with Gasteiger partial charge < -0.3 is 34.6 Å². The smallest absolute Gasteiger partial charge is 0.410 e. The minimum absolute atomic E-state index is 0.208. The summed E-state index contributed by atoms with van der Waals surface area (Å²) >= 11 is 5.91. The van der Waals surface area contributed by atoms with Crippen LogP contribution in [0, 0.1) is 0 Å². The van der Waals surface area contributed by atoms with Crippen molar-refractivity contribution >= 4 is 46.7 Å². The molecule has 0 bridgehead atoms. The Bertz CT molecular complexity index is 1510. The summed E-state index contributed by atoms with van der Waals surface area (Å²) in [7, 11) is 0. The molecule has 11 nitrogen and oxygen atoms in total. The molecule has 0 saturated carbocycles. The van der Waals surface area contributed by atoms with Crippen molar-refractivity contribution in [1.82, 2.24) is 9.88 Å². The number of rotatable bonds is 7. The molecule has 3 amide bonds. The number of ether oxygens (including phenoxy) is 3. The number of pyridine rings is 1. The fraction of sp³-hybridized carbons (Fsp3) is 0.394. The molecular formula is C33H38ClN5O6. The fourth-order valence-electron chi connectivity index (χ4n) is 5.09. The Balaban J connectivity index is 1.33. The van der Waals surface area contributed by atoms with Crippen LogP contribution in [-0.2, 0) is 9.47 Å². The molecule has 3 heterocycles. The summed E-state index contributed by atoms with van der Waals surface area (Å²) in [5.41, 5.74) is 1.29. The van der Waals surface area contributed by atoms with Crippen molar-refractivity contribution in [2.75, 3.05) is 54.9 Å². The molecule has 5 rings (SSSR count). The number of hydrogen-bond donors (Lipinski definition) is 2. The number of carbonyl (C=O) groups is 3. The first-order valence-electron chi connectivity index (χ1n) is 15.0. The molecule has 0 radical (unpaired) electrons. The van der Waals surface area contributed by atoms with Crippen LogP contribution in [0.2, 0.25) is 5.02 Å². The van der Waals surface area contributed by atoms with E-state index in [0.29, 0.717) is 67.0 Å². The van der Waals surface area contributed by atoms with E-state index >= 15 is 0 Å². The minimum atomic E-state index is -0.571. The quantitative estimate of drug-likeness (QED) is 0.331. The number of piperidine rings is 1. The Hall–Kier alpha value is -4.35. The maximum Gasteiger partial charge on any atom is 0.410 e. The zero-order chi connectivity index (χ0) is 32.0. The van der Waals surface area contributed by atoms with Crippen LogP contribution in [0.1, 0.15) is 54.3 Å². The van der Waals surface area contributed by atoms with Gasteiger partial charge in [-0.15, -0.1) is 0 Å². The summed E-state index contributed by atoms with van der Waals surface area (Å²) in [6, 6.07) is 15.5. The summed E-state index contributed by atoms with van der Waals surface area (Å²) in [5, 5.41) is 6.08. The fourth-order valence-corrected chi connectivity index (χ4v) is 5.20. The van der Waals surface area contributed by atoms with E-state index < -0.39 is 17.4 Å². The molecule has 0 aliphatic carbocycles. The largest absolute Gasteiger partial charge is 0.489 e. The van der Waals surface area contributed by atoms with E-state index in [4.69, 9.17) is 25.8 Å². The van der Waals surface area contributed by atoms with Gasteiger partial charge in [0.25, 0.3) is 11.8 Å². The van der Waals surface area contributed by atoms with Gasteiger partial charge in [-0.05, 0) is 57.2 Å². The van der Waals surface area contributed by atoms with Gasteiger partial charge in [0.05, 0.1) is 35.1 Å². The summed E-state index contributed by atoms with van der Waals surface area (Å²) in [6.45, 7) is 9.18. The van der Waals surface area contributed by atoms with Crippen LogP contribution in [0.15, 0.2) is 60.8 Å². The Morgan fingerprint density at radius 2 is 1.62 bits per heavy atom. The lowest BCUT2D eigenvalue weighted by atomic mass is 10.1. The molecule has 2 N–H and O–H groups in total. The van der Waals surface area contributed by atoms with Gasteiger partial charge in [-0.2, -0.15) is 0 Å². The molecule has 12 heteroatoms. The Labute approximate surface area is 267 Å². The summed E-state index contributed by atoms with van der Waals surface area (Å²) < 4.78 is 17.5. The topological polar surface area (TPSA) is 122 Å². The third-order valence-corrected chi connectivity index (χ3v) is 7.59. The van der Waals surface area contributed by atoms with Crippen LogP contribution in [0.25, 0.3) is 0 Å². The zero-order valence-corrected chi connectivity index (χ0v) is 26.4. The maximum atomic E-state index is 13.8. The van der Waals surface area contributed by atoms with Gasteiger partial charge in [-0.25, -0.2) is 9.78 Å². The van der Waals surface area contributed by atoms with Crippen molar-refractivity contribution in [3.8, 4) is 5.75 Å². The van der Waals surface area contributed by atoms with Crippen molar-refractivity contribution in [2.24, 2.45) is 0 Å². The Morgan fingerprint density at radius 3 is 2.31 bits per heavy atom. The van der Waals surface area contributed by atoms with Gasteiger partial charge in [0.15, 0.2) is 0 Å². The molecule has 2 saturated heterocycles. The van der Waals surface area contributed by atoms with Crippen LogP contribution in [0.4, 0.5) is 22.0 Å². The van der Waals surface area contributed by atoms with Crippen molar-refractivity contribution in [1.29, 1.82) is 0 Å². The number of hydrogen-bond acceptors (Lipinski definition) is 8. The highest BCUT2D eigenvalue weighted by molar-refractivity contribution is 6.30. The van der Waals surface area contributed by atoms with Crippen molar-refractivity contribution in [3.63, 3.8) is 0 Å². The van der Waals surface area contributed by atoms with Gasteiger partial charge in [0.1, 0.15) is 23.3 Å². The summed E-state index contributed by atoms with van der Waals surface area (Å²) in [6.07, 6.45) is 2.06. The SMILES string of the molecule is CC(C)(C)OC(=O)N1CCC(Oc2cc(N3CCOCC3)ccc2C(=O)Nc2ccccc2C(=O)Nc2ccc(Cl)cn2)CC1. The average Bonchev–Trinajstić information content (AvgIpc) is 3.02. The van der Waals surface area contributed by atoms with Crippen molar-refractivity contribution < 1.29 is 28.6 Å². The third kappa shape index (κ3) is 8.64. The number of morpholine rings is 1. The first-order valence-corrected chi connectivity index (χ1v) is 15.4. The second kappa shape index (κ2) is 14.2. The highest BCUT2D eigenvalue weighted by Crippen LogP contribution is 2.31. The minimum Gasteiger partial charge on any atom is -0.489 e. The average molecular weight is 636 g/mol. The molecule has 0 unspecified atom stereocenters. The van der Waals surface area contributed by atoms with Gasteiger partial charge >= 0.3 is 6.09 Å². The zero-order valence-electron chi connectivity index (χ0n) is 25.7. The molecule has 2 fully saturated rings. The highest BCUT2D eigenvalue weighted by Gasteiger charge is 2.29. The summed E-state index contributed by atoms with van der Waals surface area (Å²) in [4.78, 5) is 47.4. The van der Waals surface area contributed by atoms with E-state index in [0.717, 1.165) is 18.8 Å². The van der Waals surface area contributed by atoms with E-state index in [2.05, 4.69) is 20.5 Å². The van der Waals surface area contributed by atoms with E-state index in [1.165, 1.54) is 6.20 Å². The number of para-hydroxylation sites is 1. The maximum absolute atomic E-state index is 13.8. The third-order valence-electron chi connectivity index (χ3n) is 7.36. The standard InChI is InChI=1S/C33H38ClN5O6/c1-33(2,3)45-32(42)39-14-12-24(13-15-39)44-28-20-23(38-16-18-43-19-17-38)9-10-26(28)31(41)36-27-7-5-4-6-25(27)30(40)37-29-11-8-22(34)21-35-29/h4-11,20-21,24H,12-19H2,1-3H3,(H,36,41)(H,35,37,40). The number of anilines is 3. The van der Waals surface area contributed by atoms with Crippen LogP contribution in [0.5, 0.6) is 5.75 Å². The van der Waals surface area contributed by atoms with E-state index in [9.17, 15) is 14.4 Å². The van der Waals surface area contributed by atoms with Crippen molar-refractivity contribution in [2.45, 2.75) is 45.3 Å². The highest BCUT2D eigenvalue weighted by atomic mass is 35.5. The molecule has 0 spiro atoms. The van der Waals surface area contributed by atoms with Crippen LogP contribution < -0.4 is 20.3 Å². The summed E-state index contributed by atoms with van der Waals surface area (Å²) in [5.74, 6) is -0.0941. The van der Waals surface area contributed by atoms with Crippen molar-refractivity contribution in [3.05, 3.63) is 76.9 Å². The normalized spacial score (nSPS) is 15.7. The second-order valence-electron chi connectivity index (χ2n) is 11.9. The molecule has 3 aromatic rings. The molecule has 0 atom stereocenters. The lowest BCUT2D eigenvalue weighted by Gasteiger charge is -2.34.